The zero-order valence-electron chi connectivity index (χ0n) is 12.0. The minimum atomic E-state index is -1.28. The van der Waals surface area contributed by atoms with Crippen molar-refractivity contribution in [3.05, 3.63) is 35.9 Å². The van der Waals surface area contributed by atoms with Crippen LogP contribution in [0.1, 0.15) is 37.7 Å². The van der Waals surface area contributed by atoms with Crippen LogP contribution in [0.2, 0.25) is 0 Å². The molecule has 0 heterocycles. The molecule has 21 heavy (non-hydrogen) atoms. The molecule has 0 saturated heterocycles. The van der Waals surface area contributed by atoms with E-state index in [0.717, 1.165) is 24.8 Å². The van der Waals surface area contributed by atoms with Crippen LogP contribution in [0.15, 0.2) is 30.3 Å². The van der Waals surface area contributed by atoms with Crippen LogP contribution in [0.3, 0.4) is 0 Å². The Morgan fingerprint density at radius 2 is 1.57 bits per heavy atom. The van der Waals surface area contributed by atoms with Crippen molar-refractivity contribution in [2.24, 2.45) is 5.92 Å². The van der Waals surface area contributed by atoms with E-state index in [1.54, 1.807) is 0 Å². The van der Waals surface area contributed by atoms with E-state index >= 15 is 0 Å². The number of aliphatic carboxylic acids is 2. The van der Waals surface area contributed by atoms with E-state index in [1.165, 1.54) is 0 Å². The zero-order chi connectivity index (χ0) is 15.5. The molecule has 1 aromatic rings. The number of carbonyl (C=O) groups is 2. The Balaban J connectivity index is 2.00. The average molecular weight is 294 g/mol. The first-order chi connectivity index (χ1) is 10.1. The second kappa shape index (κ2) is 9.94. The number of carboxylic acid groups (broad SMARTS) is 2. The Bertz CT molecular complexity index is 416. The first-order valence-corrected chi connectivity index (χ1v) is 7.18. The van der Waals surface area contributed by atoms with Gasteiger partial charge in [-0.05, 0) is 18.4 Å². The standard InChI is InChI=1S/C16H22O5/c17-15(18)14(16(19)20)10-6-1-2-7-11-21-12-13-8-4-3-5-9-13/h3-5,8-9,14H,1-2,6-7,10-12H2,(H,17,18)(H,19,20). The van der Waals surface area contributed by atoms with Gasteiger partial charge in [-0.2, -0.15) is 0 Å². The lowest BCUT2D eigenvalue weighted by Crippen LogP contribution is -2.23. The van der Waals surface area contributed by atoms with Crippen LogP contribution >= 0.6 is 0 Å². The third kappa shape index (κ3) is 7.46. The van der Waals surface area contributed by atoms with E-state index < -0.39 is 17.9 Å². The molecule has 5 heteroatoms. The molecule has 0 saturated carbocycles. The lowest BCUT2D eigenvalue weighted by Gasteiger charge is -2.07. The van der Waals surface area contributed by atoms with E-state index in [1.807, 2.05) is 30.3 Å². The maximum Gasteiger partial charge on any atom is 0.317 e. The molecule has 0 radical (unpaired) electrons. The molecule has 2 N–H and O–H groups in total. The average Bonchev–Trinajstić information content (AvgIpc) is 2.45. The highest BCUT2D eigenvalue weighted by Crippen LogP contribution is 2.12. The molecule has 0 atom stereocenters. The number of benzene rings is 1. The van der Waals surface area contributed by atoms with Crippen LogP contribution < -0.4 is 0 Å². The van der Waals surface area contributed by atoms with Gasteiger partial charge in [-0.15, -0.1) is 0 Å². The predicted molar refractivity (Wildman–Crippen MR) is 77.9 cm³/mol. The fourth-order valence-corrected chi connectivity index (χ4v) is 2.02. The summed E-state index contributed by atoms with van der Waals surface area (Å²) in [4.78, 5) is 21.4. The maximum atomic E-state index is 10.7. The SMILES string of the molecule is O=C(O)C(CCCCCCOCc1ccccc1)C(=O)O. The van der Waals surface area contributed by atoms with Gasteiger partial charge in [0, 0.05) is 6.61 Å². The summed E-state index contributed by atoms with van der Waals surface area (Å²) in [5, 5.41) is 17.4. The molecule has 0 aliphatic rings. The van der Waals surface area contributed by atoms with Crippen LogP contribution in [0.4, 0.5) is 0 Å². The summed E-state index contributed by atoms with van der Waals surface area (Å²) >= 11 is 0. The topological polar surface area (TPSA) is 83.8 Å². The van der Waals surface area contributed by atoms with Crippen molar-refractivity contribution in [2.75, 3.05) is 6.61 Å². The number of ether oxygens (including phenoxy) is 1. The Kier molecular flexibility index (Phi) is 8.12. The maximum absolute atomic E-state index is 10.7. The van der Waals surface area contributed by atoms with E-state index in [2.05, 4.69) is 0 Å². The number of rotatable bonds is 11. The molecule has 0 aliphatic heterocycles. The molecular formula is C16H22O5. The monoisotopic (exact) mass is 294 g/mol. The quantitative estimate of drug-likeness (QED) is 0.484. The Hall–Kier alpha value is -1.88. The predicted octanol–water partition coefficient (Wildman–Crippen LogP) is 2.94. The van der Waals surface area contributed by atoms with Crippen LogP contribution in [0.5, 0.6) is 0 Å². The molecule has 0 fully saturated rings. The van der Waals surface area contributed by atoms with Crippen molar-refractivity contribution in [1.29, 1.82) is 0 Å². The summed E-state index contributed by atoms with van der Waals surface area (Å²) in [6.07, 6.45) is 3.45. The zero-order valence-corrected chi connectivity index (χ0v) is 12.0. The fourth-order valence-electron chi connectivity index (χ4n) is 2.02. The van der Waals surface area contributed by atoms with E-state index in [4.69, 9.17) is 14.9 Å². The molecule has 1 aromatic carbocycles. The van der Waals surface area contributed by atoms with Gasteiger partial charge in [0.2, 0.25) is 0 Å². The molecule has 0 unspecified atom stereocenters. The van der Waals surface area contributed by atoms with Crippen molar-refractivity contribution in [1.82, 2.24) is 0 Å². The summed E-state index contributed by atoms with van der Waals surface area (Å²) in [5.74, 6) is -3.79. The van der Waals surface area contributed by atoms with Crippen LogP contribution in [0.25, 0.3) is 0 Å². The molecule has 1 rings (SSSR count). The molecule has 0 aliphatic carbocycles. The fraction of sp³-hybridized carbons (Fsp3) is 0.500. The van der Waals surface area contributed by atoms with Crippen molar-refractivity contribution >= 4 is 11.9 Å². The molecule has 0 bridgehead atoms. The highest BCUT2D eigenvalue weighted by Gasteiger charge is 2.24. The van der Waals surface area contributed by atoms with Gasteiger partial charge in [0.25, 0.3) is 0 Å². The molecule has 116 valence electrons. The van der Waals surface area contributed by atoms with Gasteiger partial charge in [-0.1, -0.05) is 49.6 Å². The smallest absolute Gasteiger partial charge is 0.317 e. The number of unbranched alkanes of at least 4 members (excludes halogenated alkanes) is 3. The van der Waals surface area contributed by atoms with Gasteiger partial charge in [0.05, 0.1) is 6.61 Å². The number of carboxylic acids is 2. The van der Waals surface area contributed by atoms with Crippen molar-refractivity contribution < 1.29 is 24.5 Å². The summed E-state index contributed by atoms with van der Waals surface area (Å²) in [6, 6.07) is 9.93. The van der Waals surface area contributed by atoms with Crippen LogP contribution in [0, 0.1) is 5.92 Å². The number of hydrogen-bond acceptors (Lipinski definition) is 3. The molecule has 0 amide bonds. The van der Waals surface area contributed by atoms with Crippen molar-refractivity contribution in [3.8, 4) is 0 Å². The van der Waals surface area contributed by atoms with E-state index in [-0.39, 0.29) is 6.42 Å². The molecular weight excluding hydrogens is 272 g/mol. The first kappa shape index (κ1) is 17.2. The summed E-state index contributed by atoms with van der Waals surface area (Å²) < 4.78 is 5.54. The van der Waals surface area contributed by atoms with Gasteiger partial charge >= 0.3 is 11.9 Å². The second-order valence-electron chi connectivity index (χ2n) is 4.97. The van der Waals surface area contributed by atoms with Gasteiger partial charge in [0.1, 0.15) is 0 Å². The van der Waals surface area contributed by atoms with Crippen LogP contribution in [-0.4, -0.2) is 28.8 Å². The minimum Gasteiger partial charge on any atom is -0.481 e. The van der Waals surface area contributed by atoms with E-state index in [9.17, 15) is 9.59 Å². The Morgan fingerprint density at radius 1 is 0.952 bits per heavy atom. The summed E-state index contributed by atoms with van der Waals surface area (Å²) in [6.45, 7) is 1.26. The van der Waals surface area contributed by atoms with Crippen molar-refractivity contribution in [2.45, 2.75) is 38.7 Å². The second-order valence-corrected chi connectivity index (χ2v) is 4.97. The molecule has 0 spiro atoms. The van der Waals surface area contributed by atoms with Crippen molar-refractivity contribution in [3.63, 3.8) is 0 Å². The van der Waals surface area contributed by atoms with E-state index in [0.29, 0.717) is 19.6 Å². The van der Waals surface area contributed by atoms with Gasteiger partial charge in [-0.25, -0.2) is 0 Å². The first-order valence-electron chi connectivity index (χ1n) is 7.18. The van der Waals surface area contributed by atoms with Gasteiger partial charge in [0.15, 0.2) is 5.92 Å². The third-order valence-corrected chi connectivity index (χ3v) is 3.24. The van der Waals surface area contributed by atoms with Crippen LogP contribution in [-0.2, 0) is 20.9 Å². The third-order valence-electron chi connectivity index (χ3n) is 3.24. The minimum absolute atomic E-state index is 0.190. The Labute approximate surface area is 124 Å². The van der Waals surface area contributed by atoms with Gasteiger partial charge < -0.3 is 14.9 Å². The largest absolute Gasteiger partial charge is 0.481 e. The highest BCUT2D eigenvalue weighted by molar-refractivity contribution is 5.92. The lowest BCUT2D eigenvalue weighted by atomic mass is 10.0. The summed E-state index contributed by atoms with van der Waals surface area (Å²) in [7, 11) is 0. The summed E-state index contributed by atoms with van der Waals surface area (Å²) in [5.41, 5.74) is 1.14. The number of hydrogen-bond donors (Lipinski definition) is 2. The lowest BCUT2D eigenvalue weighted by molar-refractivity contribution is -0.154. The van der Waals surface area contributed by atoms with Gasteiger partial charge in [-0.3, -0.25) is 9.59 Å². The molecule has 0 aromatic heterocycles. The highest BCUT2D eigenvalue weighted by atomic mass is 16.5. The Morgan fingerprint density at radius 3 is 2.19 bits per heavy atom. The normalized spacial score (nSPS) is 10.7. The molecule has 5 nitrogen and oxygen atoms in total.